The molecule has 0 rings (SSSR count). The molecule has 0 bridgehead atoms. The molecular formula is C10H22O7. The molecule has 0 fully saturated rings. The Morgan fingerprint density at radius 3 is 1.94 bits per heavy atom. The molecule has 0 unspecified atom stereocenters. The quantitative estimate of drug-likeness (QED) is 0.541. The number of hydrogen-bond donors (Lipinski definition) is 3. The maximum Gasteiger partial charge on any atom is 0.300 e. The number of rotatable bonds is 7. The van der Waals surface area contributed by atoms with Gasteiger partial charge in [-0.2, -0.15) is 0 Å². The third-order valence-corrected chi connectivity index (χ3v) is 1.84. The van der Waals surface area contributed by atoms with Gasteiger partial charge in [0, 0.05) is 28.3 Å². The molecule has 0 aliphatic rings. The van der Waals surface area contributed by atoms with Gasteiger partial charge in [-0.3, -0.25) is 4.79 Å². The first-order valence-corrected chi connectivity index (χ1v) is 4.97. The van der Waals surface area contributed by atoms with Gasteiger partial charge in [0.15, 0.2) is 0 Å². The standard InChI is InChI=1S/C8H18O5.C2H4O2/c1-11-5-6(10)8(13-3)7(4-9)12-2;1-2(3)4/h6-10H,4-5H2,1-3H3;1H3,(H,3,4)/t6-,7-,8-;/m1./s1. The normalized spacial score (nSPS) is 15.4. The number of aliphatic carboxylic acids is 1. The van der Waals surface area contributed by atoms with Crippen molar-refractivity contribution in [2.45, 2.75) is 25.2 Å². The molecule has 7 heteroatoms. The van der Waals surface area contributed by atoms with Gasteiger partial charge in [-0.15, -0.1) is 0 Å². The molecule has 7 nitrogen and oxygen atoms in total. The van der Waals surface area contributed by atoms with E-state index in [2.05, 4.69) is 0 Å². The number of ether oxygens (including phenoxy) is 3. The Bertz CT molecular complexity index is 177. The summed E-state index contributed by atoms with van der Waals surface area (Å²) >= 11 is 0. The summed E-state index contributed by atoms with van der Waals surface area (Å²) in [6, 6.07) is 0. The highest BCUT2D eigenvalue weighted by Crippen LogP contribution is 2.07. The van der Waals surface area contributed by atoms with Gasteiger partial charge in [-0.25, -0.2) is 0 Å². The first-order valence-electron chi connectivity index (χ1n) is 4.97. The summed E-state index contributed by atoms with van der Waals surface area (Å²) in [6.07, 6.45) is -1.91. The van der Waals surface area contributed by atoms with Gasteiger partial charge in [0.05, 0.1) is 13.2 Å². The maximum atomic E-state index is 9.50. The van der Waals surface area contributed by atoms with Crippen LogP contribution in [0.1, 0.15) is 6.92 Å². The van der Waals surface area contributed by atoms with E-state index < -0.39 is 24.3 Å². The summed E-state index contributed by atoms with van der Waals surface area (Å²) in [7, 11) is 4.38. The first kappa shape index (κ1) is 18.6. The lowest BCUT2D eigenvalue weighted by Crippen LogP contribution is -2.44. The molecule has 0 saturated carbocycles. The third-order valence-electron chi connectivity index (χ3n) is 1.84. The van der Waals surface area contributed by atoms with E-state index >= 15 is 0 Å². The number of carbonyl (C=O) groups is 1. The molecule has 0 aromatic heterocycles. The Kier molecular flexibility index (Phi) is 12.9. The minimum absolute atomic E-state index is 0.151. The number of aliphatic hydroxyl groups excluding tert-OH is 2. The highest BCUT2D eigenvalue weighted by molar-refractivity contribution is 5.62. The van der Waals surface area contributed by atoms with Crippen molar-refractivity contribution in [2.75, 3.05) is 34.5 Å². The van der Waals surface area contributed by atoms with Gasteiger partial charge in [-0.05, 0) is 0 Å². The number of methoxy groups -OCH3 is 3. The van der Waals surface area contributed by atoms with Gasteiger partial charge >= 0.3 is 0 Å². The lowest BCUT2D eigenvalue weighted by Gasteiger charge is -2.26. The van der Waals surface area contributed by atoms with Crippen LogP contribution in [0.5, 0.6) is 0 Å². The molecule has 0 aromatic rings. The number of aliphatic hydroxyl groups is 2. The second-order valence-corrected chi connectivity index (χ2v) is 3.20. The van der Waals surface area contributed by atoms with Crippen LogP contribution in [0.4, 0.5) is 0 Å². The lowest BCUT2D eigenvalue weighted by molar-refractivity contribution is -0.134. The van der Waals surface area contributed by atoms with Crippen LogP contribution in [0.25, 0.3) is 0 Å². The molecule has 3 N–H and O–H groups in total. The predicted octanol–water partition coefficient (Wildman–Crippen LogP) is -0.893. The molecule has 0 aliphatic carbocycles. The van der Waals surface area contributed by atoms with Crippen molar-refractivity contribution in [1.29, 1.82) is 0 Å². The molecule has 0 radical (unpaired) electrons. The monoisotopic (exact) mass is 254 g/mol. The van der Waals surface area contributed by atoms with E-state index in [1.807, 2.05) is 0 Å². The Morgan fingerprint density at radius 2 is 1.71 bits per heavy atom. The van der Waals surface area contributed by atoms with Crippen LogP contribution in [0.2, 0.25) is 0 Å². The van der Waals surface area contributed by atoms with Crippen LogP contribution >= 0.6 is 0 Å². The van der Waals surface area contributed by atoms with Crippen LogP contribution in [0.15, 0.2) is 0 Å². The Labute approximate surface area is 101 Å². The minimum atomic E-state index is -0.833. The second-order valence-electron chi connectivity index (χ2n) is 3.20. The summed E-state index contributed by atoms with van der Waals surface area (Å²) in [5.74, 6) is -0.833. The number of hydrogen-bond acceptors (Lipinski definition) is 6. The maximum absolute atomic E-state index is 9.50. The van der Waals surface area contributed by atoms with Crippen molar-refractivity contribution in [1.82, 2.24) is 0 Å². The zero-order valence-electron chi connectivity index (χ0n) is 10.6. The zero-order valence-corrected chi connectivity index (χ0v) is 10.6. The Morgan fingerprint density at radius 1 is 1.24 bits per heavy atom. The Balaban J connectivity index is 0. The minimum Gasteiger partial charge on any atom is -0.481 e. The molecule has 0 spiro atoms. The van der Waals surface area contributed by atoms with Crippen LogP contribution in [-0.2, 0) is 19.0 Å². The van der Waals surface area contributed by atoms with E-state index in [0.717, 1.165) is 6.92 Å². The molecule has 3 atom stereocenters. The average Bonchev–Trinajstić information content (AvgIpc) is 2.25. The fourth-order valence-electron chi connectivity index (χ4n) is 1.13. The first-order chi connectivity index (χ1) is 7.94. The van der Waals surface area contributed by atoms with Gasteiger partial charge in [0.2, 0.25) is 0 Å². The van der Waals surface area contributed by atoms with Gasteiger partial charge in [-0.1, -0.05) is 0 Å². The molecule has 104 valence electrons. The van der Waals surface area contributed by atoms with Crippen molar-refractivity contribution in [3.05, 3.63) is 0 Å². The fraction of sp³-hybridized carbons (Fsp3) is 0.900. The highest BCUT2D eigenvalue weighted by atomic mass is 16.5. The smallest absolute Gasteiger partial charge is 0.300 e. The van der Waals surface area contributed by atoms with Crippen molar-refractivity contribution < 1.29 is 34.3 Å². The van der Waals surface area contributed by atoms with Crippen molar-refractivity contribution in [2.24, 2.45) is 0 Å². The van der Waals surface area contributed by atoms with E-state index in [9.17, 15) is 5.11 Å². The number of carboxylic acids is 1. The van der Waals surface area contributed by atoms with Crippen LogP contribution in [0.3, 0.4) is 0 Å². The van der Waals surface area contributed by atoms with E-state index in [0.29, 0.717) is 0 Å². The molecular weight excluding hydrogens is 232 g/mol. The largest absolute Gasteiger partial charge is 0.481 e. The topological polar surface area (TPSA) is 105 Å². The van der Waals surface area contributed by atoms with E-state index in [1.165, 1.54) is 21.3 Å². The van der Waals surface area contributed by atoms with Crippen molar-refractivity contribution in [3.63, 3.8) is 0 Å². The summed E-state index contributed by atoms with van der Waals surface area (Å²) < 4.78 is 14.7. The Hall–Kier alpha value is -0.730. The van der Waals surface area contributed by atoms with Crippen molar-refractivity contribution in [3.8, 4) is 0 Å². The molecule has 17 heavy (non-hydrogen) atoms. The summed E-state index contributed by atoms with van der Waals surface area (Å²) in [4.78, 5) is 9.00. The summed E-state index contributed by atoms with van der Waals surface area (Å²) in [6.45, 7) is 1.04. The summed E-state index contributed by atoms with van der Waals surface area (Å²) in [5.41, 5.74) is 0. The van der Waals surface area contributed by atoms with Crippen LogP contribution in [0, 0.1) is 0 Å². The average molecular weight is 254 g/mol. The van der Waals surface area contributed by atoms with Crippen LogP contribution < -0.4 is 0 Å². The molecule has 0 saturated heterocycles. The second kappa shape index (κ2) is 11.7. The van der Waals surface area contributed by atoms with Crippen molar-refractivity contribution >= 4 is 5.97 Å². The fourth-order valence-corrected chi connectivity index (χ4v) is 1.13. The van der Waals surface area contributed by atoms with Crippen LogP contribution in [-0.4, -0.2) is 74.1 Å². The SMILES string of the molecule is CC(=O)O.COC[C@@H](O)[C@@H](OC)[C@@H](CO)OC. The molecule has 0 aromatic carbocycles. The van der Waals surface area contributed by atoms with Gasteiger partial charge in [0.1, 0.15) is 18.3 Å². The predicted molar refractivity (Wildman–Crippen MR) is 59.9 cm³/mol. The number of carboxylic acid groups (broad SMARTS) is 1. The van der Waals surface area contributed by atoms with E-state index in [-0.39, 0.29) is 13.2 Å². The molecule has 0 amide bonds. The molecule has 0 heterocycles. The van der Waals surface area contributed by atoms with E-state index in [1.54, 1.807) is 0 Å². The highest BCUT2D eigenvalue weighted by Gasteiger charge is 2.27. The summed E-state index contributed by atoms with van der Waals surface area (Å²) in [5, 5.41) is 25.8. The lowest BCUT2D eigenvalue weighted by atomic mass is 10.1. The van der Waals surface area contributed by atoms with Gasteiger partial charge < -0.3 is 29.5 Å². The van der Waals surface area contributed by atoms with E-state index in [4.69, 9.17) is 29.2 Å². The zero-order chi connectivity index (χ0) is 13.8. The molecule has 0 aliphatic heterocycles. The third kappa shape index (κ3) is 10.2. The van der Waals surface area contributed by atoms with Gasteiger partial charge in [0.25, 0.3) is 5.97 Å².